The lowest BCUT2D eigenvalue weighted by molar-refractivity contribution is 0.487. The summed E-state index contributed by atoms with van der Waals surface area (Å²) in [5, 5.41) is 4.40. The Morgan fingerprint density at radius 3 is 2.21 bits per heavy atom. The number of nitrogens with zero attached hydrogens (tertiary/aromatic N) is 3. The van der Waals surface area contributed by atoms with Crippen LogP contribution >= 0.6 is 0 Å². The quantitative estimate of drug-likeness (QED) is 0.855. The Bertz CT molecular complexity index is 530. The van der Waals surface area contributed by atoms with Crippen LogP contribution in [0.5, 0.6) is 0 Å². The minimum atomic E-state index is -3.39. The topological polar surface area (TPSA) is 81.2 Å². The molecule has 1 aromatic heterocycles. The summed E-state index contributed by atoms with van der Waals surface area (Å²) in [5.74, 6) is 1.04. The molecular formula is C12H24N4O2S. The van der Waals surface area contributed by atoms with E-state index in [0.717, 1.165) is 0 Å². The summed E-state index contributed by atoms with van der Waals surface area (Å²) >= 11 is 0. The van der Waals surface area contributed by atoms with Crippen LogP contribution in [0.2, 0.25) is 0 Å². The molecule has 7 heteroatoms. The van der Waals surface area contributed by atoms with E-state index in [-0.39, 0.29) is 10.7 Å². The fraction of sp³-hybridized carbons (Fsp3) is 0.750. The number of anilines is 2. The molecule has 0 aromatic carbocycles. The van der Waals surface area contributed by atoms with Gasteiger partial charge in [0.2, 0.25) is 0 Å². The third-order valence-electron chi connectivity index (χ3n) is 2.90. The Kier molecular flexibility index (Phi) is 4.84. The second-order valence-electron chi connectivity index (χ2n) is 5.06. The number of nitrogens with two attached hydrogens (primary N) is 1. The molecule has 2 N–H and O–H groups in total. The maximum Gasteiger partial charge on any atom is 0.182 e. The largest absolute Gasteiger partial charge is 0.383 e. The molecule has 0 radical (unpaired) electrons. The number of aromatic nitrogens is 2. The predicted molar refractivity (Wildman–Crippen MR) is 78.1 cm³/mol. The summed E-state index contributed by atoms with van der Waals surface area (Å²) in [6, 6.07) is 0. The molecule has 0 aliphatic heterocycles. The first-order valence-corrected chi connectivity index (χ1v) is 8.42. The van der Waals surface area contributed by atoms with Gasteiger partial charge < -0.3 is 10.6 Å². The molecule has 0 atom stereocenters. The zero-order valence-electron chi connectivity index (χ0n) is 12.3. The highest BCUT2D eigenvalue weighted by Crippen LogP contribution is 2.30. The first kappa shape index (κ1) is 15.8. The van der Waals surface area contributed by atoms with Crippen LogP contribution in [0.25, 0.3) is 0 Å². The highest BCUT2D eigenvalue weighted by molar-refractivity contribution is 7.91. The van der Waals surface area contributed by atoms with Crippen molar-refractivity contribution in [1.82, 2.24) is 9.78 Å². The van der Waals surface area contributed by atoms with Gasteiger partial charge in [-0.15, -0.1) is 0 Å². The molecule has 0 spiro atoms. The average molecular weight is 288 g/mol. The lowest BCUT2D eigenvalue weighted by atomic mass is 10.2. The van der Waals surface area contributed by atoms with Gasteiger partial charge in [0, 0.05) is 25.9 Å². The van der Waals surface area contributed by atoms with Crippen LogP contribution in [0, 0.1) is 5.92 Å². The molecule has 0 bridgehead atoms. The lowest BCUT2D eigenvalue weighted by Gasteiger charge is -2.18. The molecule has 0 amide bonds. The molecule has 110 valence electrons. The van der Waals surface area contributed by atoms with E-state index in [0.29, 0.717) is 31.4 Å². The number of rotatable bonds is 6. The average Bonchev–Trinajstić information content (AvgIpc) is 2.56. The van der Waals surface area contributed by atoms with Crippen molar-refractivity contribution >= 4 is 21.5 Å². The van der Waals surface area contributed by atoms with Crippen molar-refractivity contribution in [2.24, 2.45) is 5.92 Å². The Morgan fingerprint density at radius 1 is 1.32 bits per heavy atom. The molecule has 0 saturated heterocycles. The Hall–Kier alpha value is -1.24. The molecule has 0 aliphatic rings. The van der Waals surface area contributed by atoms with Gasteiger partial charge in [-0.05, 0) is 19.8 Å². The van der Waals surface area contributed by atoms with Crippen molar-refractivity contribution in [2.75, 3.05) is 30.0 Å². The van der Waals surface area contributed by atoms with Crippen molar-refractivity contribution in [3.8, 4) is 0 Å². The smallest absolute Gasteiger partial charge is 0.182 e. The van der Waals surface area contributed by atoms with Gasteiger partial charge >= 0.3 is 0 Å². The Balaban J connectivity index is 3.44. The second-order valence-corrected chi connectivity index (χ2v) is 7.01. The predicted octanol–water partition coefficient (Wildman–Crippen LogP) is 1.37. The molecule has 19 heavy (non-hydrogen) atoms. The van der Waals surface area contributed by atoms with Crippen LogP contribution < -0.4 is 10.6 Å². The molecule has 1 heterocycles. The maximum atomic E-state index is 11.9. The van der Waals surface area contributed by atoms with Gasteiger partial charge in [0.1, 0.15) is 5.82 Å². The van der Waals surface area contributed by atoms with Crippen LogP contribution in [0.4, 0.5) is 11.6 Å². The van der Waals surface area contributed by atoms with E-state index in [1.165, 1.54) is 6.26 Å². The molecule has 0 saturated carbocycles. The van der Waals surface area contributed by atoms with Gasteiger partial charge in [-0.3, -0.25) is 0 Å². The highest BCUT2D eigenvalue weighted by atomic mass is 32.2. The highest BCUT2D eigenvalue weighted by Gasteiger charge is 2.26. The van der Waals surface area contributed by atoms with Crippen LogP contribution in [-0.4, -0.2) is 37.5 Å². The van der Waals surface area contributed by atoms with E-state index in [1.54, 1.807) is 4.68 Å². The fourth-order valence-electron chi connectivity index (χ4n) is 2.02. The van der Waals surface area contributed by atoms with Crippen molar-refractivity contribution < 1.29 is 8.42 Å². The number of hydrogen-bond acceptors (Lipinski definition) is 5. The van der Waals surface area contributed by atoms with Gasteiger partial charge in [0.05, 0.1) is 0 Å². The van der Waals surface area contributed by atoms with Crippen molar-refractivity contribution in [3.63, 3.8) is 0 Å². The number of nitrogen functional groups attached to an aromatic ring is 1. The van der Waals surface area contributed by atoms with Crippen LogP contribution in [-0.2, 0) is 16.4 Å². The zero-order valence-corrected chi connectivity index (χ0v) is 13.2. The molecule has 1 rings (SSSR count). The van der Waals surface area contributed by atoms with E-state index in [1.807, 2.05) is 32.6 Å². The van der Waals surface area contributed by atoms with Crippen LogP contribution in [0.15, 0.2) is 4.90 Å². The van der Waals surface area contributed by atoms with E-state index in [9.17, 15) is 8.42 Å². The van der Waals surface area contributed by atoms with Crippen molar-refractivity contribution in [3.05, 3.63) is 0 Å². The second kappa shape index (κ2) is 5.81. The fourth-order valence-corrected chi connectivity index (χ4v) is 3.00. The summed E-state index contributed by atoms with van der Waals surface area (Å²) in [4.78, 5) is 2.06. The van der Waals surface area contributed by atoms with Crippen LogP contribution in [0.1, 0.15) is 27.7 Å². The van der Waals surface area contributed by atoms with E-state index >= 15 is 0 Å². The summed E-state index contributed by atoms with van der Waals surface area (Å²) in [5.41, 5.74) is 5.98. The van der Waals surface area contributed by atoms with Gasteiger partial charge in [-0.25, -0.2) is 13.1 Å². The molecule has 6 nitrogen and oxygen atoms in total. The first-order valence-electron chi connectivity index (χ1n) is 6.53. The van der Waals surface area contributed by atoms with E-state index in [4.69, 9.17) is 5.73 Å². The Morgan fingerprint density at radius 2 is 1.84 bits per heavy atom. The number of sulfone groups is 1. The molecular weight excluding hydrogens is 264 g/mol. The SMILES string of the molecule is CCN(CC)c1nn(CC(C)C)c(N)c1S(C)(=O)=O. The van der Waals surface area contributed by atoms with Gasteiger partial charge in [-0.2, -0.15) is 5.10 Å². The minimum Gasteiger partial charge on any atom is -0.383 e. The standard InChI is InChI=1S/C12H24N4O2S/c1-6-15(7-2)12-10(19(5,17)18)11(13)16(14-12)8-9(3)4/h9H,6-8,13H2,1-5H3. The van der Waals surface area contributed by atoms with Crippen molar-refractivity contribution in [2.45, 2.75) is 39.1 Å². The maximum absolute atomic E-state index is 11.9. The van der Waals surface area contributed by atoms with E-state index in [2.05, 4.69) is 5.10 Å². The third-order valence-corrected chi connectivity index (χ3v) is 4.03. The summed E-state index contributed by atoms with van der Waals surface area (Å²) in [6.07, 6.45) is 1.17. The zero-order chi connectivity index (χ0) is 14.8. The molecule has 0 unspecified atom stereocenters. The molecule has 0 fully saturated rings. The summed E-state index contributed by atoms with van der Waals surface area (Å²) in [6.45, 7) is 10.0. The summed E-state index contributed by atoms with van der Waals surface area (Å²) < 4.78 is 25.5. The first-order chi connectivity index (χ1) is 8.72. The number of hydrogen-bond donors (Lipinski definition) is 1. The Labute approximate surface area is 115 Å². The minimum absolute atomic E-state index is 0.150. The van der Waals surface area contributed by atoms with Crippen molar-refractivity contribution in [1.29, 1.82) is 0 Å². The monoisotopic (exact) mass is 288 g/mol. The lowest BCUT2D eigenvalue weighted by Crippen LogP contribution is -2.24. The van der Waals surface area contributed by atoms with E-state index < -0.39 is 9.84 Å². The van der Waals surface area contributed by atoms with Gasteiger partial charge in [0.25, 0.3) is 0 Å². The summed E-state index contributed by atoms with van der Waals surface area (Å²) in [7, 11) is -3.39. The normalized spacial score (nSPS) is 12.1. The third kappa shape index (κ3) is 3.40. The molecule has 1 aromatic rings. The van der Waals surface area contributed by atoms with Gasteiger partial charge in [0.15, 0.2) is 20.6 Å². The van der Waals surface area contributed by atoms with Crippen LogP contribution in [0.3, 0.4) is 0 Å². The van der Waals surface area contributed by atoms with Gasteiger partial charge in [-0.1, -0.05) is 13.8 Å². The molecule has 0 aliphatic carbocycles.